The van der Waals surface area contributed by atoms with Crippen LogP contribution in [0.2, 0.25) is 0 Å². The van der Waals surface area contributed by atoms with Gasteiger partial charge in [-0.15, -0.1) is 0 Å². The van der Waals surface area contributed by atoms with E-state index in [9.17, 15) is 4.79 Å². The molecule has 6 nitrogen and oxygen atoms in total. The van der Waals surface area contributed by atoms with Crippen molar-refractivity contribution >= 4 is 16.6 Å². The van der Waals surface area contributed by atoms with E-state index in [1.807, 2.05) is 18.2 Å². The van der Waals surface area contributed by atoms with Gasteiger partial charge in [-0.25, -0.2) is 4.98 Å². The Morgan fingerprint density at radius 1 is 1.13 bits per heavy atom. The van der Waals surface area contributed by atoms with Crippen LogP contribution in [0.3, 0.4) is 0 Å². The van der Waals surface area contributed by atoms with Crippen molar-refractivity contribution in [2.75, 3.05) is 44.3 Å². The number of H-pyrrole nitrogens is 1. The van der Waals surface area contributed by atoms with Crippen molar-refractivity contribution in [2.45, 2.75) is 18.9 Å². The second-order valence-electron chi connectivity index (χ2n) is 6.30. The monoisotopic (exact) mass is 314 g/mol. The SMILES string of the molecule is O=c1[nH]cnc2cc(N3CCC(N4CCOCC4)CC3)ccc12. The Kier molecular flexibility index (Phi) is 4.01. The molecule has 4 rings (SSSR count). The number of nitrogens with one attached hydrogen (secondary N) is 1. The molecule has 2 saturated heterocycles. The molecule has 0 unspecified atom stereocenters. The first-order valence-corrected chi connectivity index (χ1v) is 8.35. The second-order valence-corrected chi connectivity index (χ2v) is 6.30. The third-order valence-electron chi connectivity index (χ3n) is 5.02. The van der Waals surface area contributed by atoms with Crippen molar-refractivity contribution in [3.63, 3.8) is 0 Å². The highest BCUT2D eigenvalue weighted by molar-refractivity contribution is 5.81. The molecule has 0 amide bonds. The molecule has 2 aliphatic heterocycles. The minimum atomic E-state index is -0.0763. The number of fused-ring (bicyclic) bond motifs is 1. The van der Waals surface area contributed by atoms with Gasteiger partial charge < -0.3 is 14.6 Å². The molecule has 2 aliphatic rings. The molecule has 23 heavy (non-hydrogen) atoms. The molecule has 0 spiro atoms. The van der Waals surface area contributed by atoms with Crippen LogP contribution in [0, 0.1) is 0 Å². The van der Waals surface area contributed by atoms with Crippen LogP contribution in [0.4, 0.5) is 5.69 Å². The number of hydrogen-bond acceptors (Lipinski definition) is 5. The maximum atomic E-state index is 11.8. The third-order valence-corrected chi connectivity index (χ3v) is 5.02. The molecule has 1 N–H and O–H groups in total. The average Bonchev–Trinajstić information content (AvgIpc) is 2.63. The maximum absolute atomic E-state index is 11.8. The molecular weight excluding hydrogens is 292 g/mol. The lowest BCUT2D eigenvalue weighted by Crippen LogP contribution is -2.49. The normalized spacial score (nSPS) is 21.0. The molecule has 0 saturated carbocycles. The Morgan fingerprint density at radius 2 is 1.91 bits per heavy atom. The number of hydrogen-bond donors (Lipinski definition) is 1. The smallest absolute Gasteiger partial charge is 0.258 e. The fraction of sp³-hybridized carbons (Fsp3) is 0.529. The minimum absolute atomic E-state index is 0.0763. The summed E-state index contributed by atoms with van der Waals surface area (Å²) in [4.78, 5) is 23.6. The zero-order valence-electron chi connectivity index (χ0n) is 13.2. The standard InChI is InChI=1S/C17H22N4O2/c22-17-15-2-1-14(11-16(15)18-12-19-17)20-5-3-13(4-6-20)21-7-9-23-10-8-21/h1-2,11-13H,3-10H2,(H,18,19,22). The van der Waals surface area contributed by atoms with Gasteiger partial charge in [-0.3, -0.25) is 9.69 Å². The molecule has 1 aromatic heterocycles. The first-order valence-electron chi connectivity index (χ1n) is 8.35. The lowest BCUT2D eigenvalue weighted by molar-refractivity contribution is 0.0115. The molecule has 0 bridgehead atoms. The topological polar surface area (TPSA) is 61.5 Å². The van der Waals surface area contributed by atoms with Gasteiger partial charge in [0.25, 0.3) is 5.56 Å². The molecule has 0 radical (unpaired) electrons. The van der Waals surface area contributed by atoms with E-state index in [2.05, 4.69) is 19.8 Å². The van der Waals surface area contributed by atoms with Gasteiger partial charge in [0.2, 0.25) is 0 Å². The van der Waals surface area contributed by atoms with Crippen LogP contribution in [0.25, 0.3) is 10.9 Å². The lowest BCUT2D eigenvalue weighted by atomic mass is 10.0. The van der Waals surface area contributed by atoms with Crippen molar-refractivity contribution in [3.8, 4) is 0 Å². The minimum Gasteiger partial charge on any atom is -0.379 e. The number of ether oxygens (including phenoxy) is 1. The number of morpholine rings is 1. The summed E-state index contributed by atoms with van der Waals surface area (Å²) in [5.41, 5.74) is 1.85. The molecule has 0 aliphatic carbocycles. The lowest BCUT2D eigenvalue weighted by Gasteiger charge is -2.40. The largest absolute Gasteiger partial charge is 0.379 e. The molecule has 2 aromatic rings. The van der Waals surface area contributed by atoms with E-state index in [-0.39, 0.29) is 5.56 Å². The predicted octanol–water partition coefficient (Wildman–Crippen LogP) is 1.22. The zero-order chi connectivity index (χ0) is 15.6. The van der Waals surface area contributed by atoms with E-state index in [1.54, 1.807) is 0 Å². The van der Waals surface area contributed by atoms with E-state index < -0.39 is 0 Å². The first kappa shape index (κ1) is 14.7. The van der Waals surface area contributed by atoms with Gasteiger partial charge in [0.1, 0.15) is 0 Å². The molecule has 6 heteroatoms. The van der Waals surface area contributed by atoms with Gasteiger partial charge in [-0.2, -0.15) is 0 Å². The molecule has 1 aromatic carbocycles. The number of rotatable bonds is 2. The Morgan fingerprint density at radius 3 is 2.70 bits per heavy atom. The quantitative estimate of drug-likeness (QED) is 0.903. The molecular formula is C17H22N4O2. The molecule has 122 valence electrons. The molecule has 2 fully saturated rings. The van der Waals surface area contributed by atoms with Gasteiger partial charge in [0, 0.05) is 37.9 Å². The first-order chi connectivity index (χ1) is 11.3. The Hall–Kier alpha value is -1.92. The fourth-order valence-electron chi connectivity index (χ4n) is 3.69. The van der Waals surface area contributed by atoms with Crippen LogP contribution in [0.15, 0.2) is 29.3 Å². The van der Waals surface area contributed by atoms with E-state index >= 15 is 0 Å². The summed E-state index contributed by atoms with van der Waals surface area (Å²) < 4.78 is 5.44. The van der Waals surface area contributed by atoms with Crippen LogP contribution in [0.5, 0.6) is 0 Å². The Balaban J connectivity index is 1.46. The number of aromatic amines is 1. The summed E-state index contributed by atoms with van der Waals surface area (Å²) in [6.07, 6.45) is 3.83. The van der Waals surface area contributed by atoms with Crippen LogP contribution in [-0.4, -0.2) is 60.3 Å². The van der Waals surface area contributed by atoms with Crippen molar-refractivity contribution in [1.82, 2.24) is 14.9 Å². The average molecular weight is 314 g/mol. The summed E-state index contributed by atoms with van der Waals surface area (Å²) in [7, 11) is 0. The predicted molar refractivity (Wildman–Crippen MR) is 90.0 cm³/mol. The molecule has 0 atom stereocenters. The van der Waals surface area contributed by atoms with E-state index in [0.29, 0.717) is 11.4 Å². The number of anilines is 1. The fourth-order valence-corrected chi connectivity index (χ4v) is 3.69. The zero-order valence-corrected chi connectivity index (χ0v) is 13.2. The van der Waals surface area contributed by atoms with Crippen molar-refractivity contribution in [2.24, 2.45) is 0 Å². The van der Waals surface area contributed by atoms with Gasteiger partial charge in [0.05, 0.1) is 30.4 Å². The van der Waals surface area contributed by atoms with Crippen LogP contribution in [0.1, 0.15) is 12.8 Å². The van der Waals surface area contributed by atoms with Gasteiger partial charge in [-0.05, 0) is 31.0 Å². The number of piperidine rings is 1. The summed E-state index contributed by atoms with van der Waals surface area (Å²) in [6, 6.07) is 6.62. The number of nitrogens with zero attached hydrogens (tertiary/aromatic N) is 3. The molecule has 3 heterocycles. The summed E-state index contributed by atoms with van der Waals surface area (Å²) in [6.45, 7) is 5.96. The van der Waals surface area contributed by atoms with Crippen molar-refractivity contribution < 1.29 is 4.74 Å². The van der Waals surface area contributed by atoms with Gasteiger partial charge in [-0.1, -0.05) is 0 Å². The van der Waals surface area contributed by atoms with Crippen LogP contribution < -0.4 is 10.5 Å². The van der Waals surface area contributed by atoms with Crippen LogP contribution in [-0.2, 0) is 4.74 Å². The highest BCUT2D eigenvalue weighted by Crippen LogP contribution is 2.24. The second kappa shape index (κ2) is 6.29. The van der Waals surface area contributed by atoms with E-state index in [1.165, 1.54) is 19.2 Å². The highest BCUT2D eigenvalue weighted by Gasteiger charge is 2.26. The van der Waals surface area contributed by atoms with Crippen molar-refractivity contribution in [3.05, 3.63) is 34.9 Å². The van der Waals surface area contributed by atoms with Gasteiger partial charge in [0.15, 0.2) is 0 Å². The number of aromatic nitrogens is 2. The van der Waals surface area contributed by atoms with E-state index in [0.717, 1.165) is 50.6 Å². The van der Waals surface area contributed by atoms with Crippen LogP contribution >= 0.6 is 0 Å². The van der Waals surface area contributed by atoms with Crippen molar-refractivity contribution in [1.29, 1.82) is 0 Å². The third kappa shape index (κ3) is 2.96. The summed E-state index contributed by atoms with van der Waals surface area (Å²) in [5.74, 6) is 0. The van der Waals surface area contributed by atoms with Gasteiger partial charge >= 0.3 is 0 Å². The highest BCUT2D eigenvalue weighted by atomic mass is 16.5. The number of benzene rings is 1. The Labute approximate surface area is 135 Å². The van der Waals surface area contributed by atoms with E-state index in [4.69, 9.17) is 4.74 Å². The summed E-state index contributed by atoms with van der Waals surface area (Å²) >= 11 is 0. The Bertz CT molecular complexity index is 731. The maximum Gasteiger partial charge on any atom is 0.258 e. The summed E-state index contributed by atoms with van der Waals surface area (Å²) in [5, 5.41) is 0.652.